The van der Waals surface area contributed by atoms with Crippen molar-refractivity contribution in [3.63, 3.8) is 0 Å². The third kappa shape index (κ3) is 6.07. The van der Waals surface area contributed by atoms with Gasteiger partial charge in [0.15, 0.2) is 0 Å². The van der Waals surface area contributed by atoms with Crippen molar-refractivity contribution in [2.75, 3.05) is 16.8 Å². The van der Waals surface area contributed by atoms with Crippen molar-refractivity contribution >= 4 is 68.2 Å². The Labute approximate surface area is 276 Å². The van der Waals surface area contributed by atoms with E-state index in [1.54, 1.807) is 19.1 Å². The molecule has 0 bridgehead atoms. The van der Waals surface area contributed by atoms with Gasteiger partial charge >= 0.3 is 10.8 Å². The van der Waals surface area contributed by atoms with Crippen molar-refractivity contribution in [1.29, 1.82) is 0 Å². The van der Waals surface area contributed by atoms with Crippen LogP contribution >= 0.6 is 23.1 Å². The molecule has 6 rings (SSSR count). The summed E-state index contributed by atoms with van der Waals surface area (Å²) in [5, 5.41) is 17.1. The molecule has 0 aliphatic carbocycles. The Balaban J connectivity index is 1.34. The lowest BCUT2D eigenvalue weighted by atomic mass is 9.83. The Morgan fingerprint density at radius 2 is 1.62 bits per heavy atom. The predicted molar refractivity (Wildman–Crippen MR) is 173 cm³/mol. The topological polar surface area (TPSA) is 195 Å². The molecule has 1 saturated heterocycles. The minimum atomic E-state index is -3.93. The summed E-state index contributed by atoms with van der Waals surface area (Å²) in [5.41, 5.74) is 1.39. The number of aromatic nitrogens is 1. The molecule has 0 saturated carbocycles. The first-order valence-corrected chi connectivity index (χ1v) is 17.4. The number of nitrogens with one attached hydrogen (secondary N) is 1. The Hall–Kier alpha value is -4.77. The Morgan fingerprint density at radius 1 is 0.957 bits per heavy atom. The van der Waals surface area contributed by atoms with Crippen LogP contribution in [-0.2, 0) is 35.7 Å². The lowest BCUT2D eigenvalue weighted by Gasteiger charge is -2.30. The van der Waals surface area contributed by atoms with Crippen LogP contribution in [-0.4, -0.2) is 53.6 Å². The zero-order valence-corrected chi connectivity index (χ0v) is 26.9. The van der Waals surface area contributed by atoms with Crippen molar-refractivity contribution in [1.82, 2.24) is 4.57 Å². The molecule has 3 atom stereocenters. The first kappa shape index (κ1) is 32.2. The standard InChI is InChI=1S/C31H26N4O9S3/c1-2-44-30(40)17-3-9-19(10-4-17)35-27(38)24-23(16-5-11-20(36)12-6-16)26-29(45-25(24)28(35)39)34(31(41)46-26)15-22(37)33-18-7-13-21(14-8-18)47(32,42)43/h3-14,23-25,36H,2,15H2,1H3,(H,33,37)(H2,32,42,43)/t23-,24+,25-/m0/s1. The number of carbonyl (C=O) groups is 4. The Kier molecular flexibility index (Phi) is 8.52. The summed E-state index contributed by atoms with van der Waals surface area (Å²) in [7, 11) is -3.93. The highest BCUT2D eigenvalue weighted by Crippen LogP contribution is 2.54. The van der Waals surface area contributed by atoms with Crippen LogP contribution in [0.4, 0.5) is 11.4 Å². The van der Waals surface area contributed by atoms with E-state index < -0.39 is 62.2 Å². The van der Waals surface area contributed by atoms with E-state index in [-0.39, 0.29) is 34.2 Å². The average molecular weight is 695 g/mol. The van der Waals surface area contributed by atoms with Gasteiger partial charge in [-0.05, 0) is 73.2 Å². The number of phenolic OH excluding ortho intramolecular Hbond substituents is 1. The number of thiazole rings is 1. The minimum Gasteiger partial charge on any atom is -0.508 e. The highest BCUT2D eigenvalue weighted by atomic mass is 32.2. The fourth-order valence-corrected chi connectivity index (χ4v) is 8.87. The van der Waals surface area contributed by atoms with Gasteiger partial charge in [0.05, 0.1) is 33.7 Å². The number of phenols is 1. The zero-order valence-electron chi connectivity index (χ0n) is 24.5. The summed E-state index contributed by atoms with van der Waals surface area (Å²) < 4.78 is 29.4. The Morgan fingerprint density at radius 3 is 2.23 bits per heavy atom. The van der Waals surface area contributed by atoms with Gasteiger partial charge in [0.1, 0.15) is 17.5 Å². The van der Waals surface area contributed by atoms with E-state index in [1.165, 1.54) is 65.2 Å². The SMILES string of the molecule is CCOC(=O)c1ccc(N2C(=O)[C@@H]3[C@H](c4ccc(O)cc4)c4sc(=O)n(CC(=O)Nc5ccc(S(N)(=O)=O)cc5)c4S[C@@H]3C2=O)cc1. The van der Waals surface area contributed by atoms with E-state index >= 15 is 0 Å². The van der Waals surface area contributed by atoms with Gasteiger partial charge in [0, 0.05) is 16.5 Å². The number of hydrogen-bond donors (Lipinski definition) is 3. The maximum absolute atomic E-state index is 14.1. The second-order valence-corrected chi connectivity index (χ2v) is 14.3. The van der Waals surface area contributed by atoms with Crippen LogP contribution in [0.2, 0.25) is 0 Å². The molecule has 242 valence electrons. The number of carbonyl (C=O) groups excluding carboxylic acids is 4. The summed E-state index contributed by atoms with van der Waals surface area (Å²) >= 11 is 1.90. The first-order valence-electron chi connectivity index (χ1n) is 14.1. The predicted octanol–water partition coefficient (Wildman–Crippen LogP) is 2.87. The second kappa shape index (κ2) is 12.4. The molecule has 47 heavy (non-hydrogen) atoms. The number of fused-ring (bicyclic) bond motifs is 2. The molecule has 13 nitrogen and oxygen atoms in total. The smallest absolute Gasteiger partial charge is 0.338 e. The van der Waals surface area contributed by atoms with Crippen LogP contribution in [0, 0.1) is 5.92 Å². The highest BCUT2D eigenvalue weighted by molar-refractivity contribution is 8.00. The average Bonchev–Trinajstić information content (AvgIpc) is 3.47. The third-order valence-corrected chi connectivity index (χ3v) is 11.2. The van der Waals surface area contributed by atoms with E-state index in [0.717, 1.165) is 28.0 Å². The van der Waals surface area contributed by atoms with Crippen LogP contribution in [0.3, 0.4) is 0 Å². The van der Waals surface area contributed by atoms with Crippen LogP contribution < -0.4 is 20.2 Å². The van der Waals surface area contributed by atoms with E-state index in [2.05, 4.69) is 5.32 Å². The molecule has 4 N–H and O–H groups in total. The molecule has 0 spiro atoms. The molecule has 16 heteroatoms. The summed E-state index contributed by atoms with van der Waals surface area (Å²) in [6, 6.07) is 17.3. The largest absolute Gasteiger partial charge is 0.508 e. The van der Waals surface area contributed by atoms with Gasteiger partial charge in [-0.3, -0.25) is 23.7 Å². The molecule has 3 amide bonds. The molecule has 3 heterocycles. The van der Waals surface area contributed by atoms with Gasteiger partial charge in [-0.2, -0.15) is 0 Å². The second-order valence-electron chi connectivity index (χ2n) is 10.7. The molecule has 1 aromatic heterocycles. The number of hydrogen-bond acceptors (Lipinski definition) is 11. The zero-order chi connectivity index (χ0) is 33.6. The molecule has 0 radical (unpaired) electrons. The van der Waals surface area contributed by atoms with Crippen molar-refractivity contribution in [2.24, 2.45) is 11.1 Å². The maximum atomic E-state index is 14.1. The monoisotopic (exact) mass is 694 g/mol. The molecular weight excluding hydrogens is 669 g/mol. The summed E-state index contributed by atoms with van der Waals surface area (Å²) in [6.07, 6.45) is 0. The number of thioether (sulfide) groups is 1. The summed E-state index contributed by atoms with van der Waals surface area (Å²) in [6.45, 7) is 1.45. The van der Waals surface area contributed by atoms with Crippen LogP contribution in [0.1, 0.15) is 33.6 Å². The molecule has 0 unspecified atom stereocenters. The molecule has 1 fully saturated rings. The molecule has 3 aromatic carbocycles. The first-order chi connectivity index (χ1) is 22.4. The maximum Gasteiger partial charge on any atom is 0.338 e. The van der Waals surface area contributed by atoms with Gasteiger partial charge in [-0.25, -0.2) is 23.3 Å². The van der Waals surface area contributed by atoms with Crippen LogP contribution in [0.15, 0.2) is 87.5 Å². The quantitative estimate of drug-likeness (QED) is 0.182. The van der Waals surface area contributed by atoms with Crippen molar-refractivity contribution in [3.05, 3.63) is 98.5 Å². The minimum absolute atomic E-state index is 0.00706. The number of sulfonamides is 1. The molecule has 2 aliphatic rings. The number of ether oxygens (including phenoxy) is 1. The lowest BCUT2D eigenvalue weighted by Crippen LogP contribution is -2.33. The van der Waals surface area contributed by atoms with Crippen molar-refractivity contribution in [2.45, 2.75) is 34.6 Å². The molecule has 4 aromatic rings. The number of benzene rings is 3. The van der Waals surface area contributed by atoms with Gasteiger partial charge in [-0.15, -0.1) is 0 Å². The van der Waals surface area contributed by atoms with Crippen molar-refractivity contribution < 1.29 is 37.4 Å². The van der Waals surface area contributed by atoms with Gasteiger partial charge < -0.3 is 15.2 Å². The van der Waals surface area contributed by atoms with Gasteiger partial charge in [0.2, 0.25) is 27.7 Å². The van der Waals surface area contributed by atoms with Crippen LogP contribution in [0.25, 0.3) is 0 Å². The van der Waals surface area contributed by atoms with E-state index in [9.17, 15) is 37.5 Å². The summed E-state index contributed by atoms with van der Waals surface area (Å²) in [5.74, 6) is -3.80. The van der Waals surface area contributed by atoms with E-state index in [0.29, 0.717) is 15.5 Å². The number of amides is 3. The number of nitrogens with zero attached hydrogens (tertiary/aromatic N) is 2. The number of anilines is 2. The number of aromatic hydroxyl groups is 1. The fraction of sp³-hybridized carbons (Fsp3) is 0.194. The normalized spacial score (nSPS) is 18.9. The lowest BCUT2D eigenvalue weighted by molar-refractivity contribution is -0.122. The summed E-state index contributed by atoms with van der Waals surface area (Å²) in [4.78, 5) is 67.5. The highest BCUT2D eigenvalue weighted by Gasteiger charge is 2.56. The van der Waals surface area contributed by atoms with Gasteiger partial charge in [0.25, 0.3) is 0 Å². The van der Waals surface area contributed by atoms with Crippen molar-refractivity contribution in [3.8, 4) is 5.75 Å². The number of nitrogens with two attached hydrogens (primary N) is 1. The number of imide groups is 1. The molecular formula is C31H26N4O9S3. The fourth-order valence-electron chi connectivity index (χ4n) is 5.58. The third-order valence-electron chi connectivity index (χ3n) is 7.71. The number of esters is 1. The molecule has 2 aliphatic heterocycles. The van der Waals surface area contributed by atoms with Gasteiger partial charge in [-0.1, -0.05) is 35.2 Å². The van der Waals surface area contributed by atoms with Crippen LogP contribution in [0.5, 0.6) is 5.75 Å². The number of rotatable bonds is 8. The number of primary sulfonamides is 1. The van der Waals surface area contributed by atoms with E-state index in [1.807, 2.05) is 0 Å². The Bertz CT molecular complexity index is 2070. The van der Waals surface area contributed by atoms with E-state index in [4.69, 9.17) is 9.88 Å².